The fraction of sp³-hybridized carbons (Fsp3) is 0.474. The largest absolute Gasteiger partial charge is 0.378 e. The van der Waals surface area contributed by atoms with Gasteiger partial charge in [-0.2, -0.15) is 4.31 Å². The van der Waals surface area contributed by atoms with Crippen LogP contribution in [0.4, 0.5) is 5.95 Å². The molecule has 1 aromatic heterocycles. The highest BCUT2D eigenvalue weighted by Gasteiger charge is 2.28. The Hall–Kier alpha value is -2.03. The second kappa shape index (κ2) is 7.92. The molecule has 0 spiro atoms. The van der Waals surface area contributed by atoms with Crippen molar-refractivity contribution in [3.63, 3.8) is 0 Å². The van der Waals surface area contributed by atoms with Crippen LogP contribution in [0.1, 0.15) is 16.8 Å². The van der Waals surface area contributed by atoms with Crippen LogP contribution in [0.2, 0.25) is 0 Å². The van der Waals surface area contributed by atoms with Gasteiger partial charge in [-0.15, -0.1) is 0 Å². The SMILES string of the molecule is O=S(=O)(CCc1ccccc1)N1CCc2cnc(N3CCOCC3)nc2C1. The maximum Gasteiger partial charge on any atom is 0.225 e. The molecule has 1 aromatic carbocycles. The molecule has 0 atom stereocenters. The summed E-state index contributed by atoms with van der Waals surface area (Å²) in [6.07, 6.45) is 3.03. The molecule has 1 saturated heterocycles. The van der Waals surface area contributed by atoms with Crippen LogP contribution in [0.25, 0.3) is 0 Å². The number of nitrogens with zero attached hydrogens (tertiary/aromatic N) is 4. The lowest BCUT2D eigenvalue weighted by atomic mass is 10.1. The third-order valence-corrected chi connectivity index (χ3v) is 6.90. The summed E-state index contributed by atoms with van der Waals surface area (Å²) >= 11 is 0. The molecule has 7 nitrogen and oxygen atoms in total. The van der Waals surface area contributed by atoms with Crippen LogP contribution in [0.5, 0.6) is 0 Å². The number of sulfonamides is 1. The highest BCUT2D eigenvalue weighted by molar-refractivity contribution is 7.89. The van der Waals surface area contributed by atoms with Crippen LogP contribution in [-0.4, -0.2) is 61.3 Å². The summed E-state index contributed by atoms with van der Waals surface area (Å²) in [4.78, 5) is 11.2. The van der Waals surface area contributed by atoms with E-state index < -0.39 is 10.0 Å². The third-order valence-electron chi connectivity index (χ3n) is 5.08. The Morgan fingerprint density at radius 1 is 1.07 bits per heavy atom. The van der Waals surface area contributed by atoms with E-state index in [4.69, 9.17) is 4.74 Å². The molecule has 27 heavy (non-hydrogen) atoms. The Balaban J connectivity index is 1.46. The molecule has 0 bridgehead atoms. The van der Waals surface area contributed by atoms with Crippen molar-refractivity contribution in [2.24, 2.45) is 0 Å². The fourth-order valence-electron chi connectivity index (χ4n) is 3.44. The first kappa shape index (κ1) is 18.3. The monoisotopic (exact) mass is 388 g/mol. The maximum absolute atomic E-state index is 12.8. The van der Waals surface area contributed by atoms with Crippen molar-refractivity contribution in [2.45, 2.75) is 19.4 Å². The molecule has 1 fully saturated rings. The first-order chi connectivity index (χ1) is 13.1. The predicted octanol–water partition coefficient (Wildman–Crippen LogP) is 1.24. The molecule has 2 aliphatic heterocycles. The van der Waals surface area contributed by atoms with E-state index in [-0.39, 0.29) is 5.75 Å². The number of morpholine rings is 1. The molecule has 0 N–H and O–H groups in total. The molecule has 2 aliphatic rings. The van der Waals surface area contributed by atoms with Gasteiger partial charge in [0.25, 0.3) is 0 Å². The summed E-state index contributed by atoms with van der Waals surface area (Å²) in [7, 11) is -3.32. The van der Waals surface area contributed by atoms with E-state index in [1.165, 1.54) is 0 Å². The maximum atomic E-state index is 12.8. The summed E-state index contributed by atoms with van der Waals surface area (Å²) in [5, 5.41) is 0. The minimum absolute atomic E-state index is 0.119. The second-order valence-corrected chi connectivity index (χ2v) is 8.96. The van der Waals surface area contributed by atoms with Crippen molar-refractivity contribution in [1.82, 2.24) is 14.3 Å². The standard InChI is InChI=1S/C19H24N4O3S/c24-27(25,13-7-16-4-2-1-3-5-16)23-8-6-17-14-20-19(21-18(17)15-23)22-9-11-26-12-10-22/h1-5,14H,6-13,15H2. The smallest absolute Gasteiger partial charge is 0.225 e. The van der Waals surface area contributed by atoms with Crippen LogP contribution in [0.15, 0.2) is 36.5 Å². The molecule has 0 amide bonds. The Morgan fingerprint density at radius 3 is 2.63 bits per heavy atom. The van der Waals surface area contributed by atoms with Gasteiger partial charge in [-0.1, -0.05) is 30.3 Å². The molecule has 8 heteroatoms. The number of hydrogen-bond acceptors (Lipinski definition) is 6. The number of fused-ring (bicyclic) bond motifs is 1. The minimum Gasteiger partial charge on any atom is -0.378 e. The molecule has 0 aliphatic carbocycles. The van der Waals surface area contributed by atoms with Gasteiger partial charge in [0.05, 0.1) is 31.2 Å². The zero-order chi connectivity index (χ0) is 18.7. The fourth-order valence-corrected chi connectivity index (χ4v) is 4.88. The summed E-state index contributed by atoms with van der Waals surface area (Å²) in [5.74, 6) is 0.786. The normalized spacial score (nSPS) is 18.3. The topological polar surface area (TPSA) is 75.6 Å². The van der Waals surface area contributed by atoms with E-state index in [0.29, 0.717) is 45.1 Å². The van der Waals surface area contributed by atoms with Gasteiger partial charge in [0.2, 0.25) is 16.0 Å². The van der Waals surface area contributed by atoms with Gasteiger partial charge >= 0.3 is 0 Å². The van der Waals surface area contributed by atoms with Crippen molar-refractivity contribution >= 4 is 16.0 Å². The first-order valence-electron chi connectivity index (χ1n) is 9.31. The Morgan fingerprint density at radius 2 is 1.85 bits per heavy atom. The number of ether oxygens (including phenoxy) is 1. The number of benzene rings is 1. The number of rotatable bonds is 5. The minimum atomic E-state index is -3.32. The van der Waals surface area contributed by atoms with Crippen LogP contribution in [0, 0.1) is 0 Å². The molecule has 0 saturated carbocycles. The molecule has 4 rings (SSSR count). The summed E-state index contributed by atoms with van der Waals surface area (Å²) in [5.41, 5.74) is 2.90. The van der Waals surface area contributed by atoms with Gasteiger partial charge in [-0.3, -0.25) is 0 Å². The van der Waals surface area contributed by atoms with Crippen LogP contribution < -0.4 is 4.90 Å². The van der Waals surface area contributed by atoms with Gasteiger partial charge < -0.3 is 9.64 Å². The van der Waals surface area contributed by atoms with Gasteiger partial charge in [-0.05, 0) is 24.0 Å². The molecular formula is C19H24N4O3S. The number of aryl methyl sites for hydroxylation is 1. The van der Waals surface area contributed by atoms with Crippen LogP contribution in [-0.2, 0) is 34.1 Å². The van der Waals surface area contributed by atoms with E-state index >= 15 is 0 Å². The quantitative estimate of drug-likeness (QED) is 0.767. The van der Waals surface area contributed by atoms with Crippen LogP contribution in [0.3, 0.4) is 0 Å². The predicted molar refractivity (Wildman–Crippen MR) is 103 cm³/mol. The van der Waals surface area contributed by atoms with E-state index in [1.54, 1.807) is 4.31 Å². The van der Waals surface area contributed by atoms with E-state index in [9.17, 15) is 8.42 Å². The lowest BCUT2D eigenvalue weighted by Crippen LogP contribution is -2.40. The zero-order valence-electron chi connectivity index (χ0n) is 15.2. The van der Waals surface area contributed by atoms with Crippen LogP contribution >= 0.6 is 0 Å². The number of hydrogen-bond donors (Lipinski definition) is 0. The highest BCUT2D eigenvalue weighted by atomic mass is 32.2. The molecule has 0 unspecified atom stereocenters. The van der Waals surface area contributed by atoms with Crippen molar-refractivity contribution in [1.29, 1.82) is 0 Å². The van der Waals surface area contributed by atoms with E-state index in [1.807, 2.05) is 36.5 Å². The van der Waals surface area contributed by atoms with E-state index in [2.05, 4.69) is 14.9 Å². The number of anilines is 1. The lowest BCUT2D eigenvalue weighted by molar-refractivity contribution is 0.122. The van der Waals surface area contributed by atoms with Crippen molar-refractivity contribution < 1.29 is 13.2 Å². The van der Waals surface area contributed by atoms with Crippen molar-refractivity contribution in [2.75, 3.05) is 43.5 Å². The molecule has 2 aromatic rings. The number of aromatic nitrogens is 2. The molecule has 0 radical (unpaired) electrons. The van der Waals surface area contributed by atoms with Gasteiger partial charge in [0.1, 0.15) is 0 Å². The molecule has 144 valence electrons. The van der Waals surface area contributed by atoms with Crippen molar-refractivity contribution in [3.05, 3.63) is 53.3 Å². The second-order valence-electron chi connectivity index (χ2n) is 6.88. The zero-order valence-corrected chi connectivity index (χ0v) is 16.1. The lowest BCUT2D eigenvalue weighted by Gasteiger charge is -2.30. The van der Waals surface area contributed by atoms with Gasteiger partial charge in [-0.25, -0.2) is 18.4 Å². The average Bonchev–Trinajstić information content (AvgIpc) is 2.73. The van der Waals surface area contributed by atoms with Gasteiger partial charge in [0.15, 0.2) is 0 Å². The average molecular weight is 388 g/mol. The summed E-state index contributed by atoms with van der Waals surface area (Å²) < 4.78 is 32.6. The molecule has 3 heterocycles. The summed E-state index contributed by atoms with van der Waals surface area (Å²) in [6.45, 7) is 3.67. The Bertz CT molecular complexity index is 883. The first-order valence-corrected chi connectivity index (χ1v) is 10.9. The Kier molecular flexibility index (Phi) is 5.38. The highest BCUT2D eigenvalue weighted by Crippen LogP contribution is 2.22. The summed E-state index contributed by atoms with van der Waals surface area (Å²) in [6, 6.07) is 9.73. The van der Waals surface area contributed by atoms with E-state index in [0.717, 1.165) is 29.9 Å². The van der Waals surface area contributed by atoms with Crippen molar-refractivity contribution in [3.8, 4) is 0 Å². The Labute approximate surface area is 160 Å². The third kappa shape index (κ3) is 4.28. The van der Waals surface area contributed by atoms with Gasteiger partial charge in [0, 0.05) is 25.8 Å². The molecular weight excluding hydrogens is 364 g/mol.